The molecule has 1 aliphatic rings. The molecule has 0 radical (unpaired) electrons. The Balaban J connectivity index is 1.84. The molecule has 4 N–H and O–H groups in total. The molecule has 0 aromatic heterocycles. The summed E-state index contributed by atoms with van der Waals surface area (Å²) in [5.74, 6) is -0.00959. The lowest BCUT2D eigenvalue weighted by molar-refractivity contribution is -0.122. The van der Waals surface area contributed by atoms with Crippen molar-refractivity contribution in [2.75, 3.05) is 6.54 Å². The molecule has 0 heterocycles. The van der Waals surface area contributed by atoms with Gasteiger partial charge in [-0.2, -0.15) is 0 Å². The van der Waals surface area contributed by atoms with Crippen molar-refractivity contribution in [1.29, 1.82) is 0 Å². The number of nitrogens with two attached hydrogens (primary N) is 1. The summed E-state index contributed by atoms with van der Waals surface area (Å²) >= 11 is 0. The van der Waals surface area contributed by atoms with Crippen LogP contribution in [0.5, 0.6) is 0 Å². The minimum absolute atomic E-state index is 0.167. The number of hydrogen-bond donors (Lipinski definition) is 3. The number of hydrogen-bond acceptors (Lipinski definition) is 3. The Hall–Kier alpha value is -1.39. The minimum Gasteiger partial charge on any atom is -0.393 e. The van der Waals surface area contributed by atoms with Crippen molar-refractivity contribution in [1.82, 2.24) is 5.32 Å². The van der Waals surface area contributed by atoms with Crippen molar-refractivity contribution in [3.8, 4) is 0 Å². The lowest BCUT2D eigenvalue weighted by Crippen LogP contribution is -2.40. The van der Waals surface area contributed by atoms with Crippen LogP contribution >= 0.6 is 0 Å². The fraction of sp³-hybridized carbons (Fsp3) is 0.533. The van der Waals surface area contributed by atoms with Crippen LogP contribution in [0.25, 0.3) is 0 Å². The average Bonchev–Trinajstić information content (AvgIpc) is 2.46. The van der Waals surface area contributed by atoms with E-state index in [-0.39, 0.29) is 17.9 Å². The van der Waals surface area contributed by atoms with Crippen LogP contribution in [0.4, 0.5) is 0 Å². The van der Waals surface area contributed by atoms with Gasteiger partial charge in [-0.1, -0.05) is 43.2 Å². The first-order valence-electron chi connectivity index (χ1n) is 6.95. The molecule has 3 atom stereocenters. The van der Waals surface area contributed by atoms with E-state index in [0.717, 1.165) is 31.2 Å². The van der Waals surface area contributed by atoms with Crippen molar-refractivity contribution < 1.29 is 9.90 Å². The third-order valence-electron chi connectivity index (χ3n) is 3.85. The number of amides is 1. The number of rotatable bonds is 4. The molecule has 104 valence electrons. The molecule has 1 amide bonds. The first-order valence-corrected chi connectivity index (χ1v) is 6.95. The number of aliphatic hydroxyl groups is 1. The lowest BCUT2D eigenvalue weighted by atomic mass is 9.86. The first kappa shape index (κ1) is 14.0. The van der Waals surface area contributed by atoms with E-state index in [9.17, 15) is 9.90 Å². The van der Waals surface area contributed by atoms with Gasteiger partial charge in [0.1, 0.15) is 6.04 Å². The number of nitrogens with one attached hydrogen (secondary N) is 1. The van der Waals surface area contributed by atoms with E-state index in [1.54, 1.807) is 0 Å². The normalized spacial score (nSPS) is 24.7. The van der Waals surface area contributed by atoms with Gasteiger partial charge in [-0.3, -0.25) is 4.79 Å². The maximum atomic E-state index is 12.0. The highest BCUT2D eigenvalue weighted by molar-refractivity contribution is 5.82. The second-order valence-corrected chi connectivity index (χ2v) is 5.25. The largest absolute Gasteiger partial charge is 0.393 e. The molecular weight excluding hydrogens is 240 g/mol. The van der Waals surface area contributed by atoms with E-state index < -0.39 is 6.04 Å². The van der Waals surface area contributed by atoms with Gasteiger partial charge in [-0.05, 0) is 18.4 Å². The van der Waals surface area contributed by atoms with Crippen molar-refractivity contribution in [3.05, 3.63) is 35.9 Å². The Bertz CT molecular complexity index is 408. The fourth-order valence-electron chi connectivity index (χ4n) is 2.58. The molecule has 1 aromatic carbocycles. The van der Waals surface area contributed by atoms with Crippen LogP contribution in [0, 0.1) is 5.92 Å². The van der Waals surface area contributed by atoms with Gasteiger partial charge in [0.05, 0.1) is 6.10 Å². The Labute approximate surface area is 114 Å². The monoisotopic (exact) mass is 262 g/mol. The van der Waals surface area contributed by atoms with Gasteiger partial charge in [0.25, 0.3) is 0 Å². The maximum absolute atomic E-state index is 12.0. The van der Waals surface area contributed by atoms with Crippen molar-refractivity contribution in [2.24, 2.45) is 11.7 Å². The van der Waals surface area contributed by atoms with E-state index in [1.165, 1.54) is 0 Å². The Morgan fingerprint density at radius 1 is 1.32 bits per heavy atom. The van der Waals surface area contributed by atoms with Gasteiger partial charge in [-0.15, -0.1) is 0 Å². The summed E-state index contributed by atoms with van der Waals surface area (Å²) in [6.07, 6.45) is 3.73. The molecule has 4 heteroatoms. The van der Waals surface area contributed by atoms with Crippen molar-refractivity contribution >= 4 is 5.91 Å². The number of aliphatic hydroxyl groups excluding tert-OH is 1. The molecule has 4 nitrogen and oxygen atoms in total. The van der Waals surface area contributed by atoms with Crippen LogP contribution in [0.1, 0.15) is 37.3 Å². The molecule has 1 fully saturated rings. The molecule has 3 unspecified atom stereocenters. The highest BCUT2D eigenvalue weighted by Crippen LogP contribution is 2.23. The lowest BCUT2D eigenvalue weighted by Gasteiger charge is -2.28. The maximum Gasteiger partial charge on any atom is 0.241 e. The quantitative estimate of drug-likeness (QED) is 0.766. The summed E-state index contributed by atoms with van der Waals surface area (Å²) in [7, 11) is 0. The zero-order chi connectivity index (χ0) is 13.7. The summed E-state index contributed by atoms with van der Waals surface area (Å²) in [6, 6.07) is 8.69. The SMILES string of the molecule is NC(C(=O)NCC1CCCCC1O)c1ccccc1. The fourth-order valence-corrected chi connectivity index (χ4v) is 2.58. The van der Waals surface area contributed by atoms with Gasteiger partial charge >= 0.3 is 0 Å². The Morgan fingerprint density at radius 3 is 2.68 bits per heavy atom. The predicted octanol–water partition coefficient (Wildman–Crippen LogP) is 1.35. The molecule has 1 aliphatic carbocycles. The summed E-state index contributed by atoms with van der Waals surface area (Å²) in [4.78, 5) is 12.0. The molecule has 0 spiro atoms. The number of carbonyl (C=O) groups is 1. The standard InChI is InChI=1S/C15H22N2O2/c16-14(11-6-2-1-3-7-11)15(19)17-10-12-8-4-5-9-13(12)18/h1-3,6-7,12-14,18H,4-5,8-10,16H2,(H,17,19). The van der Waals surface area contributed by atoms with E-state index in [4.69, 9.17) is 5.73 Å². The molecular formula is C15H22N2O2. The molecule has 2 rings (SSSR count). The summed E-state index contributed by atoms with van der Waals surface area (Å²) < 4.78 is 0. The molecule has 0 saturated heterocycles. The average molecular weight is 262 g/mol. The molecule has 19 heavy (non-hydrogen) atoms. The van der Waals surface area contributed by atoms with Crippen LogP contribution in [0.2, 0.25) is 0 Å². The second-order valence-electron chi connectivity index (χ2n) is 5.25. The van der Waals surface area contributed by atoms with Gasteiger partial charge in [0.2, 0.25) is 5.91 Å². The van der Waals surface area contributed by atoms with Crippen LogP contribution < -0.4 is 11.1 Å². The van der Waals surface area contributed by atoms with Crippen LogP contribution in [0.3, 0.4) is 0 Å². The topological polar surface area (TPSA) is 75.4 Å². The van der Waals surface area contributed by atoms with Crippen LogP contribution in [-0.4, -0.2) is 23.7 Å². The van der Waals surface area contributed by atoms with Crippen LogP contribution in [-0.2, 0) is 4.79 Å². The summed E-state index contributed by atoms with van der Waals surface area (Å²) in [6.45, 7) is 0.514. The smallest absolute Gasteiger partial charge is 0.241 e. The second kappa shape index (κ2) is 6.68. The highest BCUT2D eigenvalue weighted by atomic mass is 16.3. The molecule has 0 aliphatic heterocycles. The molecule has 1 aromatic rings. The molecule has 1 saturated carbocycles. The summed E-state index contributed by atoms with van der Waals surface area (Å²) in [5.41, 5.74) is 6.72. The highest BCUT2D eigenvalue weighted by Gasteiger charge is 2.24. The van der Waals surface area contributed by atoms with Gasteiger partial charge < -0.3 is 16.2 Å². The number of carbonyl (C=O) groups excluding carboxylic acids is 1. The van der Waals surface area contributed by atoms with E-state index in [1.807, 2.05) is 30.3 Å². The van der Waals surface area contributed by atoms with Gasteiger partial charge in [0.15, 0.2) is 0 Å². The van der Waals surface area contributed by atoms with Crippen LogP contribution in [0.15, 0.2) is 30.3 Å². The zero-order valence-corrected chi connectivity index (χ0v) is 11.1. The minimum atomic E-state index is -0.637. The zero-order valence-electron chi connectivity index (χ0n) is 11.1. The van der Waals surface area contributed by atoms with Crippen molar-refractivity contribution in [3.63, 3.8) is 0 Å². The molecule has 0 bridgehead atoms. The Kier molecular flexibility index (Phi) is 4.93. The predicted molar refractivity (Wildman–Crippen MR) is 74.3 cm³/mol. The first-order chi connectivity index (χ1) is 9.18. The number of benzene rings is 1. The summed E-state index contributed by atoms with van der Waals surface area (Å²) in [5, 5.41) is 12.7. The van der Waals surface area contributed by atoms with E-state index in [0.29, 0.717) is 6.54 Å². The third kappa shape index (κ3) is 3.78. The van der Waals surface area contributed by atoms with Crippen molar-refractivity contribution in [2.45, 2.75) is 37.8 Å². The van der Waals surface area contributed by atoms with E-state index >= 15 is 0 Å². The van der Waals surface area contributed by atoms with Gasteiger partial charge in [-0.25, -0.2) is 0 Å². The Morgan fingerprint density at radius 2 is 2.00 bits per heavy atom. The third-order valence-corrected chi connectivity index (χ3v) is 3.85. The van der Waals surface area contributed by atoms with E-state index in [2.05, 4.69) is 5.32 Å². The van der Waals surface area contributed by atoms with Gasteiger partial charge in [0, 0.05) is 12.5 Å².